The van der Waals surface area contributed by atoms with E-state index in [4.69, 9.17) is 0 Å². The van der Waals surface area contributed by atoms with Crippen molar-refractivity contribution in [2.75, 3.05) is 6.54 Å². The smallest absolute Gasteiger partial charge is 0.0126 e. The summed E-state index contributed by atoms with van der Waals surface area (Å²) in [5.41, 5.74) is 0. The third-order valence-electron chi connectivity index (χ3n) is 5.30. The molecule has 0 spiro atoms. The third kappa shape index (κ3) is 3.24. The highest BCUT2D eigenvalue weighted by Gasteiger charge is 2.35. The maximum atomic E-state index is 3.86. The van der Waals surface area contributed by atoms with Gasteiger partial charge in [0.05, 0.1) is 0 Å². The lowest BCUT2D eigenvalue weighted by Crippen LogP contribution is -2.45. The van der Waals surface area contributed by atoms with Crippen LogP contribution in [0.4, 0.5) is 0 Å². The Morgan fingerprint density at radius 3 is 2.24 bits per heavy atom. The molecule has 0 heterocycles. The normalized spacial score (nSPS) is 32.8. The molecule has 2 saturated carbocycles. The largest absolute Gasteiger partial charge is 0.314 e. The van der Waals surface area contributed by atoms with Crippen LogP contribution in [0.2, 0.25) is 0 Å². The van der Waals surface area contributed by atoms with Gasteiger partial charge in [-0.25, -0.2) is 0 Å². The van der Waals surface area contributed by atoms with E-state index >= 15 is 0 Å². The van der Waals surface area contributed by atoms with Gasteiger partial charge in [0.1, 0.15) is 0 Å². The summed E-state index contributed by atoms with van der Waals surface area (Å²) >= 11 is 0. The molecule has 1 N–H and O–H groups in total. The maximum absolute atomic E-state index is 3.86. The van der Waals surface area contributed by atoms with Gasteiger partial charge in [0, 0.05) is 6.04 Å². The maximum Gasteiger partial charge on any atom is 0.0126 e. The molecule has 0 aromatic heterocycles. The van der Waals surface area contributed by atoms with Gasteiger partial charge in [-0.1, -0.05) is 52.4 Å². The Morgan fingerprint density at radius 1 is 0.941 bits per heavy atom. The summed E-state index contributed by atoms with van der Waals surface area (Å²) in [6, 6.07) is 0.841. The Hall–Kier alpha value is -0.0400. The van der Waals surface area contributed by atoms with Crippen molar-refractivity contribution in [2.45, 2.75) is 77.7 Å². The van der Waals surface area contributed by atoms with Crippen LogP contribution >= 0.6 is 0 Å². The van der Waals surface area contributed by atoms with Crippen molar-refractivity contribution in [1.29, 1.82) is 0 Å². The fourth-order valence-corrected chi connectivity index (χ4v) is 4.44. The average Bonchev–Trinajstić information content (AvgIpc) is 2.89. The molecule has 1 heteroatoms. The summed E-state index contributed by atoms with van der Waals surface area (Å²) in [4.78, 5) is 0. The van der Waals surface area contributed by atoms with E-state index in [0.717, 1.165) is 30.3 Å². The third-order valence-corrected chi connectivity index (χ3v) is 5.30. The van der Waals surface area contributed by atoms with Crippen LogP contribution < -0.4 is 5.32 Å². The van der Waals surface area contributed by atoms with Crippen LogP contribution in [0.25, 0.3) is 0 Å². The van der Waals surface area contributed by atoms with Crippen LogP contribution in [0, 0.1) is 17.8 Å². The lowest BCUT2D eigenvalue weighted by molar-refractivity contribution is 0.139. The zero-order valence-corrected chi connectivity index (χ0v) is 11.9. The molecule has 2 aliphatic rings. The predicted molar refractivity (Wildman–Crippen MR) is 75.2 cm³/mol. The minimum atomic E-state index is 0.841. The van der Waals surface area contributed by atoms with E-state index < -0.39 is 0 Å². The molecule has 0 saturated heterocycles. The Bertz CT molecular complexity index is 208. The first-order valence-corrected chi connectivity index (χ1v) is 8.10. The van der Waals surface area contributed by atoms with Gasteiger partial charge in [0.25, 0.3) is 0 Å². The molecule has 0 aromatic carbocycles. The SMILES string of the molecule is CCNC(C1CCCC1)C1CCCCC1CC. The molecule has 100 valence electrons. The predicted octanol–water partition coefficient (Wildman–Crippen LogP) is 4.37. The van der Waals surface area contributed by atoms with E-state index in [9.17, 15) is 0 Å². The molecule has 0 aromatic rings. The summed E-state index contributed by atoms with van der Waals surface area (Å²) in [6.07, 6.45) is 13.3. The monoisotopic (exact) mass is 237 g/mol. The second-order valence-corrected chi connectivity index (χ2v) is 6.24. The minimum Gasteiger partial charge on any atom is -0.314 e. The van der Waals surface area contributed by atoms with Crippen molar-refractivity contribution in [3.63, 3.8) is 0 Å². The van der Waals surface area contributed by atoms with Crippen LogP contribution in [-0.2, 0) is 0 Å². The van der Waals surface area contributed by atoms with Gasteiger partial charge >= 0.3 is 0 Å². The molecular weight excluding hydrogens is 206 g/mol. The zero-order chi connectivity index (χ0) is 12.1. The fraction of sp³-hybridized carbons (Fsp3) is 1.00. The second-order valence-electron chi connectivity index (χ2n) is 6.24. The summed E-state index contributed by atoms with van der Waals surface area (Å²) in [6.45, 7) is 5.85. The molecule has 0 amide bonds. The van der Waals surface area contributed by atoms with Crippen LogP contribution in [0.1, 0.15) is 71.6 Å². The van der Waals surface area contributed by atoms with Crippen molar-refractivity contribution < 1.29 is 0 Å². The Labute approximate surface area is 108 Å². The van der Waals surface area contributed by atoms with Crippen molar-refractivity contribution >= 4 is 0 Å². The zero-order valence-electron chi connectivity index (χ0n) is 11.9. The first-order chi connectivity index (χ1) is 8.36. The lowest BCUT2D eigenvalue weighted by Gasteiger charge is -2.40. The van der Waals surface area contributed by atoms with Crippen molar-refractivity contribution in [1.82, 2.24) is 5.32 Å². The van der Waals surface area contributed by atoms with Gasteiger partial charge in [-0.05, 0) is 43.6 Å². The molecular formula is C16H31N. The Morgan fingerprint density at radius 2 is 1.59 bits per heavy atom. The van der Waals surface area contributed by atoms with Gasteiger partial charge in [0.2, 0.25) is 0 Å². The average molecular weight is 237 g/mol. The van der Waals surface area contributed by atoms with E-state index in [1.165, 1.54) is 57.8 Å². The number of nitrogens with one attached hydrogen (secondary N) is 1. The van der Waals surface area contributed by atoms with Crippen LogP contribution in [0.5, 0.6) is 0 Å². The highest BCUT2D eigenvalue weighted by atomic mass is 14.9. The van der Waals surface area contributed by atoms with E-state index in [-0.39, 0.29) is 0 Å². The van der Waals surface area contributed by atoms with Crippen molar-refractivity contribution in [2.24, 2.45) is 17.8 Å². The molecule has 2 rings (SSSR count). The minimum absolute atomic E-state index is 0.841. The quantitative estimate of drug-likeness (QED) is 0.748. The van der Waals surface area contributed by atoms with E-state index in [0.29, 0.717) is 0 Å². The summed E-state index contributed by atoms with van der Waals surface area (Å²) in [5, 5.41) is 3.86. The number of hydrogen-bond acceptors (Lipinski definition) is 1. The second kappa shape index (κ2) is 6.78. The van der Waals surface area contributed by atoms with Crippen LogP contribution in [-0.4, -0.2) is 12.6 Å². The molecule has 2 aliphatic carbocycles. The van der Waals surface area contributed by atoms with Gasteiger partial charge < -0.3 is 5.32 Å². The van der Waals surface area contributed by atoms with Crippen LogP contribution in [0.15, 0.2) is 0 Å². The topological polar surface area (TPSA) is 12.0 Å². The van der Waals surface area contributed by atoms with Crippen molar-refractivity contribution in [3.05, 3.63) is 0 Å². The first-order valence-electron chi connectivity index (χ1n) is 8.10. The highest BCUT2D eigenvalue weighted by molar-refractivity contribution is 4.90. The number of hydrogen-bond donors (Lipinski definition) is 1. The van der Waals surface area contributed by atoms with Gasteiger partial charge in [-0.3, -0.25) is 0 Å². The summed E-state index contributed by atoms with van der Waals surface area (Å²) in [5.74, 6) is 2.98. The van der Waals surface area contributed by atoms with E-state index in [1.54, 1.807) is 0 Å². The summed E-state index contributed by atoms with van der Waals surface area (Å²) < 4.78 is 0. The summed E-state index contributed by atoms with van der Waals surface area (Å²) in [7, 11) is 0. The molecule has 0 radical (unpaired) electrons. The molecule has 2 fully saturated rings. The molecule has 0 aliphatic heterocycles. The fourth-order valence-electron chi connectivity index (χ4n) is 4.44. The molecule has 1 nitrogen and oxygen atoms in total. The Kier molecular flexibility index (Phi) is 5.34. The highest BCUT2D eigenvalue weighted by Crippen LogP contribution is 2.40. The molecule has 3 atom stereocenters. The molecule has 3 unspecified atom stereocenters. The number of rotatable bonds is 5. The van der Waals surface area contributed by atoms with E-state index in [2.05, 4.69) is 19.2 Å². The molecule has 17 heavy (non-hydrogen) atoms. The van der Waals surface area contributed by atoms with Crippen LogP contribution in [0.3, 0.4) is 0 Å². The lowest BCUT2D eigenvalue weighted by atomic mass is 9.70. The molecule has 0 bridgehead atoms. The van der Waals surface area contributed by atoms with Crippen molar-refractivity contribution in [3.8, 4) is 0 Å². The first kappa shape index (κ1) is 13.4. The van der Waals surface area contributed by atoms with Gasteiger partial charge in [-0.2, -0.15) is 0 Å². The Balaban J connectivity index is 2.01. The standard InChI is InChI=1S/C16H31N/c1-3-13-9-7-8-12-15(13)16(17-4-2)14-10-5-6-11-14/h13-17H,3-12H2,1-2H3. The van der Waals surface area contributed by atoms with E-state index in [1.807, 2.05) is 0 Å². The van der Waals surface area contributed by atoms with Gasteiger partial charge in [0.15, 0.2) is 0 Å². The van der Waals surface area contributed by atoms with Gasteiger partial charge in [-0.15, -0.1) is 0 Å².